The predicted molar refractivity (Wildman–Crippen MR) is 117 cm³/mol. The van der Waals surface area contributed by atoms with Gasteiger partial charge in [-0.15, -0.1) is 0 Å². The van der Waals surface area contributed by atoms with Crippen molar-refractivity contribution in [2.75, 3.05) is 26.2 Å². The molecule has 0 spiro atoms. The number of amides is 2. The lowest BCUT2D eigenvalue weighted by molar-refractivity contribution is -0.384. The number of rotatable bonds is 6. The van der Waals surface area contributed by atoms with Crippen LogP contribution in [-0.2, 0) is 14.8 Å². The van der Waals surface area contributed by atoms with Crippen LogP contribution in [0, 0.1) is 21.4 Å². The number of nitrogens with zero attached hydrogens (tertiary/aromatic N) is 4. The van der Waals surface area contributed by atoms with Crippen molar-refractivity contribution in [3.63, 3.8) is 0 Å². The van der Waals surface area contributed by atoms with E-state index in [1.165, 1.54) is 58.6 Å². The van der Waals surface area contributed by atoms with Gasteiger partial charge in [-0.25, -0.2) is 8.42 Å². The molecule has 0 saturated carbocycles. The Kier molecular flexibility index (Phi) is 7.05. The summed E-state index contributed by atoms with van der Waals surface area (Å²) in [5.74, 6) is -1.01. The zero-order valence-corrected chi connectivity index (χ0v) is 18.5. The number of carbonyl (C=O) groups excluding carboxylic acids is 2. The largest absolute Gasteiger partial charge is 0.341 e. The number of carbonyl (C=O) groups is 2. The predicted octanol–water partition coefficient (Wildman–Crippen LogP) is 1.12. The maximum atomic E-state index is 12.8. The molecule has 172 valence electrons. The van der Waals surface area contributed by atoms with Gasteiger partial charge in [0.05, 0.1) is 21.5 Å². The first kappa shape index (κ1) is 23.8. The van der Waals surface area contributed by atoms with Gasteiger partial charge < -0.3 is 10.2 Å². The van der Waals surface area contributed by atoms with Crippen LogP contribution in [0.15, 0.2) is 53.4 Å². The fraction of sp³-hybridized carbons (Fsp3) is 0.286. The van der Waals surface area contributed by atoms with Gasteiger partial charge >= 0.3 is 0 Å². The van der Waals surface area contributed by atoms with Gasteiger partial charge in [-0.1, -0.05) is 6.07 Å². The van der Waals surface area contributed by atoms with Crippen LogP contribution < -0.4 is 5.32 Å². The number of nitro benzene ring substituents is 1. The standard InChI is InChI=1S/C21H21N5O6S/c1-15(23-20(27)17-3-2-4-18(13-17)26(29)30)21(28)24-9-11-25(12-10-24)33(31,32)19-7-5-16(14-22)6-8-19/h2-8,13,15H,9-12H2,1H3,(H,23,27)/t15-/m0/s1. The molecule has 11 nitrogen and oxygen atoms in total. The van der Waals surface area contributed by atoms with Gasteiger partial charge in [-0.05, 0) is 37.3 Å². The molecule has 0 radical (unpaired) electrons. The van der Waals surface area contributed by atoms with Crippen molar-refractivity contribution in [2.24, 2.45) is 0 Å². The van der Waals surface area contributed by atoms with Crippen LogP contribution >= 0.6 is 0 Å². The van der Waals surface area contributed by atoms with Crippen LogP contribution in [0.2, 0.25) is 0 Å². The Bertz CT molecular complexity index is 1210. The van der Waals surface area contributed by atoms with Crippen LogP contribution in [0.5, 0.6) is 0 Å². The van der Waals surface area contributed by atoms with E-state index in [2.05, 4.69) is 5.32 Å². The van der Waals surface area contributed by atoms with Crippen LogP contribution in [0.4, 0.5) is 5.69 Å². The average Bonchev–Trinajstić information content (AvgIpc) is 2.83. The van der Waals surface area contributed by atoms with Crippen molar-refractivity contribution in [3.8, 4) is 6.07 Å². The summed E-state index contributed by atoms with van der Waals surface area (Å²) in [5.41, 5.74) is 0.175. The zero-order chi connectivity index (χ0) is 24.2. The fourth-order valence-electron chi connectivity index (χ4n) is 3.38. The minimum Gasteiger partial charge on any atom is -0.341 e. The molecule has 0 unspecified atom stereocenters. The van der Waals surface area contributed by atoms with E-state index in [1.807, 2.05) is 6.07 Å². The van der Waals surface area contributed by atoms with Crippen molar-refractivity contribution >= 4 is 27.5 Å². The van der Waals surface area contributed by atoms with E-state index < -0.39 is 26.9 Å². The first-order chi connectivity index (χ1) is 15.6. The summed E-state index contributed by atoms with van der Waals surface area (Å²) in [6.45, 7) is 1.95. The zero-order valence-electron chi connectivity index (χ0n) is 17.7. The quantitative estimate of drug-likeness (QED) is 0.489. The van der Waals surface area contributed by atoms with Crippen molar-refractivity contribution < 1.29 is 22.9 Å². The fourth-order valence-corrected chi connectivity index (χ4v) is 4.80. The molecule has 1 N–H and O–H groups in total. The number of benzene rings is 2. The Morgan fingerprint density at radius 2 is 1.76 bits per heavy atom. The summed E-state index contributed by atoms with van der Waals surface area (Å²) < 4.78 is 26.9. The van der Waals surface area contributed by atoms with E-state index in [1.54, 1.807) is 0 Å². The number of non-ortho nitro benzene ring substituents is 1. The Hall–Kier alpha value is -3.82. The third-order valence-corrected chi connectivity index (χ3v) is 7.12. The number of nitro groups is 1. The SMILES string of the molecule is C[C@H](NC(=O)c1cccc([N+](=O)[O-])c1)C(=O)N1CCN(S(=O)(=O)c2ccc(C#N)cc2)CC1. The summed E-state index contributed by atoms with van der Waals surface area (Å²) >= 11 is 0. The maximum Gasteiger partial charge on any atom is 0.270 e. The summed E-state index contributed by atoms with van der Waals surface area (Å²) in [6.07, 6.45) is 0. The number of nitrogens with one attached hydrogen (secondary N) is 1. The van der Waals surface area contributed by atoms with Gasteiger partial charge in [0.2, 0.25) is 15.9 Å². The summed E-state index contributed by atoms with van der Waals surface area (Å²) in [5, 5.41) is 22.3. The topological polar surface area (TPSA) is 154 Å². The number of hydrogen-bond donors (Lipinski definition) is 1. The van der Waals surface area contributed by atoms with Crippen LogP contribution in [-0.4, -0.2) is 66.6 Å². The molecule has 3 rings (SSSR count). The van der Waals surface area contributed by atoms with Crippen LogP contribution in [0.3, 0.4) is 0 Å². The van der Waals surface area contributed by atoms with E-state index in [-0.39, 0.29) is 48.2 Å². The highest BCUT2D eigenvalue weighted by molar-refractivity contribution is 7.89. The molecule has 12 heteroatoms. The Balaban J connectivity index is 1.59. The molecule has 1 fully saturated rings. The number of nitriles is 1. The van der Waals surface area contributed by atoms with Crippen LogP contribution in [0.1, 0.15) is 22.8 Å². The van der Waals surface area contributed by atoms with Gasteiger partial charge in [0, 0.05) is 43.9 Å². The van der Waals surface area contributed by atoms with Crippen molar-refractivity contribution in [1.29, 1.82) is 5.26 Å². The van der Waals surface area contributed by atoms with Gasteiger partial charge in [-0.2, -0.15) is 9.57 Å². The van der Waals surface area contributed by atoms with E-state index in [9.17, 15) is 28.1 Å². The van der Waals surface area contributed by atoms with Gasteiger partial charge in [0.15, 0.2) is 0 Å². The van der Waals surface area contributed by atoms with Gasteiger partial charge in [0.1, 0.15) is 6.04 Å². The van der Waals surface area contributed by atoms with Gasteiger partial charge in [0.25, 0.3) is 11.6 Å². The normalized spacial score (nSPS) is 15.3. The van der Waals surface area contributed by atoms with Crippen molar-refractivity contribution in [3.05, 3.63) is 69.8 Å². The maximum absolute atomic E-state index is 12.8. The lowest BCUT2D eigenvalue weighted by atomic mass is 10.1. The summed E-state index contributed by atoms with van der Waals surface area (Å²) in [4.78, 5) is 36.9. The lowest BCUT2D eigenvalue weighted by Crippen LogP contribution is -2.55. The smallest absolute Gasteiger partial charge is 0.270 e. The van der Waals surface area contributed by atoms with Crippen molar-refractivity contribution in [2.45, 2.75) is 17.9 Å². The molecular weight excluding hydrogens is 450 g/mol. The molecule has 1 atom stereocenters. The molecule has 2 amide bonds. The number of hydrogen-bond acceptors (Lipinski definition) is 7. The highest BCUT2D eigenvalue weighted by Crippen LogP contribution is 2.19. The summed E-state index contributed by atoms with van der Waals surface area (Å²) in [7, 11) is -3.76. The lowest BCUT2D eigenvalue weighted by Gasteiger charge is -2.35. The second-order valence-corrected chi connectivity index (χ2v) is 9.31. The van der Waals surface area contributed by atoms with E-state index in [0.717, 1.165) is 6.07 Å². The summed E-state index contributed by atoms with van der Waals surface area (Å²) in [6, 6.07) is 11.8. The molecule has 33 heavy (non-hydrogen) atoms. The first-order valence-electron chi connectivity index (χ1n) is 9.98. The van der Waals surface area contributed by atoms with E-state index in [4.69, 9.17) is 5.26 Å². The molecule has 1 heterocycles. The minimum atomic E-state index is -3.76. The Morgan fingerprint density at radius 3 is 2.33 bits per heavy atom. The van der Waals surface area contributed by atoms with Crippen molar-refractivity contribution in [1.82, 2.24) is 14.5 Å². The molecule has 1 aliphatic rings. The highest BCUT2D eigenvalue weighted by Gasteiger charge is 2.32. The minimum absolute atomic E-state index is 0.0576. The molecule has 2 aromatic rings. The second-order valence-electron chi connectivity index (χ2n) is 7.37. The third kappa shape index (κ3) is 5.33. The van der Waals surface area contributed by atoms with E-state index >= 15 is 0 Å². The second kappa shape index (κ2) is 9.76. The van der Waals surface area contributed by atoms with Gasteiger partial charge in [-0.3, -0.25) is 19.7 Å². The molecule has 0 aromatic heterocycles. The highest BCUT2D eigenvalue weighted by atomic mass is 32.2. The molecular formula is C21H21N5O6S. The molecule has 0 bridgehead atoms. The Morgan fingerprint density at radius 1 is 1.12 bits per heavy atom. The molecule has 1 aliphatic heterocycles. The molecule has 1 saturated heterocycles. The average molecular weight is 471 g/mol. The molecule has 0 aliphatic carbocycles. The first-order valence-corrected chi connectivity index (χ1v) is 11.4. The molecule has 2 aromatic carbocycles. The van der Waals surface area contributed by atoms with Crippen LogP contribution in [0.25, 0.3) is 0 Å². The third-order valence-electron chi connectivity index (χ3n) is 5.21. The Labute approximate surface area is 190 Å². The monoisotopic (exact) mass is 471 g/mol. The number of piperazine rings is 1. The van der Waals surface area contributed by atoms with E-state index in [0.29, 0.717) is 5.56 Å². The number of sulfonamides is 1.